The van der Waals surface area contributed by atoms with Gasteiger partial charge in [-0.05, 0) is 29.3 Å². The van der Waals surface area contributed by atoms with Gasteiger partial charge in [-0.15, -0.1) is 0 Å². The van der Waals surface area contributed by atoms with Crippen molar-refractivity contribution >= 4 is 23.2 Å². The van der Waals surface area contributed by atoms with Crippen LogP contribution in [0.1, 0.15) is 0 Å². The number of rotatable bonds is 1. The molecule has 0 radical (unpaired) electrons. The zero-order chi connectivity index (χ0) is 9.97. The fourth-order valence-corrected chi connectivity index (χ4v) is 1.31. The van der Waals surface area contributed by atoms with Crippen LogP contribution < -0.4 is 0 Å². The summed E-state index contributed by atoms with van der Waals surface area (Å²) in [5.74, 6) is 0. The molecule has 3 nitrogen and oxygen atoms in total. The second-order valence-corrected chi connectivity index (χ2v) is 3.33. The molecular weight excluding hydrogens is 221 g/mol. The topological polar surface area (TPSA) is 38.7 Å². The fraction of sp³-hybridized carbons (Fsp3) is 0. The summed E-state index contributed by atoms with van der Waals surface area (Å²) in [7, 11) is 0. The maximum absolute atomic E-state index is 5.75. The van der Waals surface area contributed by atoms with E-state index in [1.165, 1.54) is 0 Å². The van der Waals surface area contributed by atoms with E-state index in [4.69, 9.17) is 23.2 Å². The second kappa shape index (κ2) is 3.90. The van der Waals surface area contributed by atoms with Gasteiger partial charge in [0, 0.05) is 24.2 Å². The summed E-state index contributed by atoms with van der Waals surface area (Å²) >= 11 is 11.3. The van der Waals surface area contributed by atoms with Gasteiger partial charge in [0.1, 0.15) is 5.15 Å². The van der Waals surface area contributed by atoms with Crippen molar-refractivity contribution < 1.29 is 0 Å². The minimum absolute atomic E-state index is 0.230. The molecule has 2 aromatic rings. The first kappa shape index (κ1) is 9.37. The molecule has 0 spiro atoms. The molecule has 0 bridgehead atoms. The summed E-state index contributed by atoms with van der Waals surface area (Å²) in [5.41, 5.74) is 1.78. The molecule has 2 rings (SSSR count). The zero-order valence-electron chi connectivity index (χ0n) is 6.98. The van der Waals surface area contributed by atoms with Crippen molar-refractivity contribution in [3.63, 3.8) is 0 Å². The Morgan fingerprint density at radius 2 is 1.64 bits per heavy atom. The van der Waals surface area contributed by atoms with E-state index in [9.17, 15) is 0 Å². The number of pyridine rings is 1. The van der Waals surface area contributed by atoms with Crippen molar-refractivity contribution in [2.45, 2.75) is 0 Å². The summed E-state index contributed by atoms with van der Waals surface area (Å²) in [6, 6.07) is 3.58. The van der Waals surface area contributed by atoms with Crippen LogP contribution in [0.5, 0.6) is 0 Å². The van der Waals surface area contributed by atoms with Crippen LogP contribution in [0.15, 0.2) is 30.7 Å². The Balaban J connectivity index is 2.44. The summed E-state index contributed by atoms with van der Waals surface area (Å²) in [4.78, 5) is 11.6. The van der Waals surface area contributed by atoms with E-state index in [1.54, 1.807) is 24.7 Å². The van der Waals surface area contributed by atoms with Gasteiger partial charge in [0.25, 0.3) is 0 Å². The van der Waals surface area contributed by atoms with Gasteiger partial charge < -0.3 is 0 Å². The molecular formula is C9H5Cl2N3. The lowest BCUT2D eigenvalue weighted by molar-refractivity contribution is 1.17. The monoisotopic (exact) mass is 225 g/mol. The highest BCUT2D eigenvalue weighted by Crippen LogP contribution is 2.19. The summed E-state index contributed by atoms with van der Waals surface area (Å²) in [5, 5.41) is 0.673. The van der Waals surface area contributed by atoms with Gasteiger partial charge >= 0.3 is 0 Å². The summed E-state index contributed by atoms with van der Waals surface area (Å²) in [6.07, 6.45) is 4.91. The average Bonchev–Trinajstić information content (AvgIpc) is 2.19. The maximum atomic E-state index is 5.75. The summed E-state index contributed by atoms with van der Waals surface area (Å²) in [6.45, 7) is 0. The molecule has 2 heterocycles. The largest absolute Gasteiger partial charge is 0.245 e. The average molecular weight is 226 g/mol. The Morgan fingerprint density at radius 1 is 0.929 bits per heavy atom. The molecule has 0 unspecified atom stereocenters. The molecule has 0 aliphatic rings. The molecule has 70 valence electrons. The number of aromatic nitrogens is 3. The molecule has 0 fully saturated rings. The van der Waals surface area contributed by atoms with Crippen molar-refractivity contribution in [3.8, 4) is 11.1 Å². The van der Waals surface area contributed by atoms with Crippen LogP contribution >= 0.6 is 23.2 Å². The molecule has 2 aromatic heterocycles. The van der Waals surface area contributed by atoms with Crippen molar-refractivity contribution in [1.29, 1.82) is 0 Å². The van der Waals surface area contributed by atoms with Crippen molar-refractivity contribution in [1.82, 2.24) is 15.0 Å². The second-order valence-electron chi connectivity index (χ2n) is 2.61. The molecule has 0 atom stereocenters. The molecule has 0 aromatic carbocycles. The minimum atomic E-state index is 0.230. The molecule has 0 N–H and O–H groups in total. The Labute approximate surface area is 90.8 Å². The van der Waals surface area contributed by atoms with Crippen LogP contribution in [0.2, 0.25) is 10.4 Å². The van der Waals surface area contributed by atoms with Crippen LogP contribution in [0.25, 0.3) is 11.1 Å². The van der Waals surface area contributed by atoms with Crippen molar-refractivity contribution in [3.05, 3.63) is 41.2 Å². The molecule has 0 saturated carbocycles. The number of halogens is 2. The predicted octanol–water partition coefficient (Wildman–Crippen LogP) is 2.85. The minimum Gasteiger partial charge on any atom is -0.245 e. The Morgan fingerprint density at radius 3 is 2.29 bits per heavy atom. The van der Waals surface area contributed by atoms with Crippen molar-refractivity contribution in [2.24, 2.45) is 0 Å². The fourth-order valence-electron chi connectivity index (χ4n) is 1.04. The first-order chi connectivity index (χ1) is 6.75. The third-order valence-corrected chi connectivity index (χ3v) is 2.08. The van der Waals surface area contributed by atoms with E-state index in [-0.39, 0.29) is 5.28 Å². The summed E-state index contributed by atoms with van der Waals surface area (Å²) < 4.78 is 0. The molecule has 5 heteroatoms. The van der Waals surface area contributed by atoms with Gasteiger partial charge in [0.2, 0.25) is 5.28 Å². The Bertz CT molecular complexity index is 442. The van der Waals surface area contributed by atoms with E-state index in [0.29, 0.717) is 5.15 Å². The smallest absolute Gasteiger partial charge is 0.222 e. The number of hydrogen-bond donors (Lipinski definition) is 0. The quantitative estimate of drug-likeness (QED) is 0.554. The van der Waals surface area contributed by atoms with Crippen LogP contribution in [0.4, 0.5) is 0 Å². The standard InChI is InChI=1S/C9H5Cl2N3/c10-8-3-6(1-2-12-8)7-4-13-9(11)14-5-7/h1-5H. The van der Waals surface area contributed by atoms with Gasteiger partial charge in [0.15, 0.2) is 0 Å². The highest BCUT2D eigenvalue weighted by molar-refractivity contribution is 6.29. The third kappa shape index (κ3) is 2.00. The normalized spacial score (nSPS) is 10.1. The van der Waals surface area contributed by atoms with Crippen LogP contribution in [0, 0.1) is 0 Å². The highest BCUT2D eigenvalue weighted by Gasteiger charge is 1.99. The first-order valence-corrected chi connectivity index (χ1v) is 4.61. The highest BCUT2D eigenvalue weighted by atomic mass is 35.5. The molecule has 0 amide bonds. The molecule has 0 saturated heterocycles. The van der Waals surface area contributed by atoms with Gasteiger partial charge in [-0.3, -0.25) is 0 Å². The first-order valence-electron chi connectivity index (χ1n) is 3.85. The van der Waals surface area contributed by atoms with Gasteiger partial charge in [-0.1, -0.05) is 11.6 Å². The zero-order valence-corrected chi connectivity index (χ0v) is 8.50. The van der Waals surface area contributed by atoms with E-state index in [1.807, 2.05) is 6.07 Å². The van der Waals surface area contributed by atoms with Crippen LogP contribution in [0.3, 0.4) is 0 Å². The lowest BCUT2D eigenvalue weighted by Gasteiger charge is -1.99. The molecule has 0 aliphatic heterocycles. The Hall–Kier alpha value is -1.19. The van der Waals surface area contributed by atoms with Gasteiger partial charge in [-0.25, -0.2) is 15.0 Å². The number of nitrogens with zero attached hydrogens (tertiary/aromatic N) is 3. The SMILES string of the molecule is Clc1cc(-c2cnc(Cl)nc2)ccn1. The predicted molar refractivity (Wildman–Crippen MR) is 55.3 cm³/mol. The van der Waals surface area contributed by atoms with Gasteiger partial charge in [-0.2, -0.15) is 0 Å². The number of hydrogen-bond acceptors (Lipinski definition) is 3. The lowest BCUT2D eigenvalue weighted by Crippen LogP contribution is -1.85. The van der Waals surface area contributed by atoms with Crippen LogP contribution in [-0.2, 0) is 0 Å². The maximum Gasteiger partial charge on any atom is 0.222 e. The molecule has 0 aliphatic carbocycles. The Kier molecular flexibility index (Phi) is 2.61. The van der Waals surface area contributed by atoms with Crippen molar-refractivity contribution in [2.75, 3.05) is 0 Å². The van der Waals surface area contributed by atoms with E-state index in [2.05, 4.69) is 15.0 Å². The van der Waals surface area contributed by atoms with E-state index < -0.39 is 0 Å². The van der Waals surface area contributed by atoms with Crippen LogP contribution in [-0.4, -0.2) is 15.0 Å². The van der Waals surface area contributed by atoms with E-state index >= 15 is 0 Å². The third-order valence-electron chi connectivity index (χ3n) is 1.68. The lowest BCUT2D eigenvalue weighted by atomic mass is 10.1. The van der Waals surface area contributed by atoms with Gasteiger partial charge in [0.05, 0.1) is 0 Å². The molecule has 14 heavy (non-hydrogen) atoms. The van der Waals surface area contributed by atoms with E-state index in [0.717, 1.165) is 11.1 Å².